The molecule has 116 valence electrons. The second-order valence-electron chi connectivity index (χ2n) is 4.31. The number of carbonyl (C=O) groups is 1. The number of unbranched alkanes of at least 4 members (excludes halogenated alkanes) is 2. The molecule has 1 rings (SSSR count). The zero-order valence-corrected chi connectivity index (χ0v) is 13.4. The standard InChI is InChI=1S/C14H18BrNO5/c1-2-20-13(17)9-4-3-5-10-21-14-11(15)7-6-8-12(14)16(18)19/h6-8H,2-5,9-10H2,1H3. The van der Waals surface area contributed by atoms with Crippen molar-refractivity contribution in [3.8, 4) is 5.75 Å². The molecule has 0 heterocycles. The van der Waals surface area contributed by atoms with E-state index < -0.39 is 4.92 Å². The van der Waals surface area contributed by atoms with Gasteiger partial charge in [0.15, 0.2) is 0 Å². The van der Waals surface area contributed by atoms with Gasteiger partial charge in [0.25, 0.3) is 0 Å². The molecule has 0 aliphatic heterocycles. The van der Waals surface area contributed by atoms with Crippen LogP contribution in [0.4, 0.5) is 5.69 Å². The Balaban J connectivity index is 2.33. The molecule has 6 nitrogen and oxygen atoms in total. The number of para-hydroxylation sites is 1. The lowest BCUT2D eigenvalue weighted by Crippen LogP contribution is -2.04. The number of nitro benzene ring substituents is 1. The van der Waals surface area contributed by atoms with E-state index in [-0.39, 0.29) is 17.4 Å². The van der Waals surface area contributed by atoms with Crippen LogP contribution < -0.4 is 4.74 Å². The number of benzene rings is 1. The zero-order valence-electron chi connectivity index (χ0n) is 11.8. The Morgan fingerprint density at radius 2 is 2.10 bits per heavy atom. The van der Waals surface area contributed by atoms with E-state index in [1.54, 1.807) is 19.1 Å². The maximum atomic E-state index is 11.1. The van der Waals surface area contributed by atoms with Crippen molar-refractivity contribution in [2.24, 2.45) is 0 Å². The molecule has 0 N–H and O–H groups in total. The lowest BCUT2D eigenvalue weighted by molar-refractivity contribution is -0.386. The number of nitrogens with zero attached hydrogens (tertiary/aromatic N) is 1. The van der Waals surface area contributed by atoms with Crippen LogP contribution >= 0.6 is 15.9 Å². The van der Waals surface area contributed by atoms with Crippen LogP contribution in [0.3, 0.4) is 0 Å². The van der Waals surface area contributed by atoms with Gasteiger partial charge in [-0.3, -0.25) is 14.9 Å². The van der Waals surface area contributed by atoms with E-state index in [0.717, 1.165) is 19.3 Å². The van der Waals surface area contributed by atoms with Crippen molar-refractivity contribution < 1.29 is 19.2 Å². The van der Waals surface area contributed by atoms with Crippen LogP contribution in [0.25, 0.3) is 0 Å². The molecule has 0 saturated heterocycles. The first kappa shape index (κ1) is 17.4. The van der Waals surface area contributed by atoms with Crippen molar-refractivity contribution in [1.29, 1.82) is 0 Å². The Morgan fingerprint density at radius 3 is 2.76 bits per heavy atom. The summed E-state index contributed by atoms with van der Waals surface area (Å²) in [6.45, 7) is 2.54. The maximum Gasteiger partial charge on any atom is 0.312 e. The van der Waals surface area contributed by atoms with Crippen molar-refractivity contribution >= 4 is 27.6 Å². The third-order valence-corrected chi connectivity index (χ3v) is 3.34. The van der Waals surface area contributed by atoms with E-state index in [2.05, 4.69) is 15.9 Å². The molecule has 0 radical (unpaired) electrons. The second-order valence-corrected chi connectivity index (χ2v) is 5.16. The number of esters is 1. The van der Waals surface area contributed by atoms with Crippen molar-refractivity contribution in [2.45, 2.75) is 32.6 Å². The highest BCUT2D eigenvalue weighted by Gasteiger charge is 2.17. The van der Waals surface area contributed by atoms with Crippen LogP contribution in [0.2, 0.25) is 0 Å². The SMILES string of the molecule is CCOC(=O)CCCCCOc1c(Br)cccc1[N+](=O)[O-]. The Labute approximate surface area is 131 Å². The third kappa shape index (κ3) is 6.12. The molecular weight excluding hydrogens is 342 g/mol. The molecular formula is C14H18BrNO5. The molecule has 7 heteroatoms. The molecule has 0 unspecified atom stereocenters. The highest BCUT2D eigenvalue weighted by molar-refractivity contribution is 9.10. The average Bonchev–Trinajstić information content (AvgIpc) is 2.44. The topological polar surface area (TPSA) is 78.7 Å². The molecule has 0 aromatic heterocycles. The summed E-state index contributed by atoms with van der Waals surface area (Å²) in [6, 6.07) is 4.69. The Hall–Kier alpha value is -1.63. The first-order valence-electron chi connectivity index (χ1n) is 6.77. The summed E-state index contributed by atoms with van der Waals surface area (Å²) < 4.78 is 10.9. The fraction of sp³-hybridized carbons (Fsp3) is 0.500. The summed E-state index contributed by atoms with van der Waals surface area (Å²) in [7, 11) is 0. The van der Waals surface area contributed by atoms with Gasteiger partial charge in [0, 0.05) is 12.5 Å². The fourth-order valence-electron chi connectivity index (χ4n) is 1.74. The Morgan fingerprint density at radius 1 is 1.33 bits per heavy atom. The number of nitro groups is 1. The van der Waals surface area contributed by atoms with Gasteiger partial charge in [0.2, 0.25) is 5.75 Å². The van der Waals surface area contributed by atoms with Gasteiger partial charge in [0.05, 0.1) is 22.6 Å². The molecule has 21 heavy (non-hydrogen) atoms. The van der Waals surface area contributed by atoms with Crippen LogP contribution in [0.1, 0.15) is 32.6 Å². The van der Waals surface area contributed by atoms with Gasteiger partial charge in [0.1, 0.15) is 0 Å². The van der Waals surface area contributed by atoms with Gasteiger partial charge in [-0.1, -0.05) is 6.07 Å². The molecule has 0 bridgehead atoms. The van der Waals surface area contributed by atoms with Crippen LogP contribution in [-0.2, 0) is 9.53 Å². The highest BCUT2D eigenvalue weighted by atomic mass is 79.9. The third-order valence-electron chi connectivity index (χ3n) is 2.72. The second kappa shape index (κ2) is 9.33. The van der Waals surface area contributed by atoms with E-state index in [4.69, 9.17) is 9.47 Å². The minimum atomic E-state index is -0.471. The summed E-state index contributed by atoms with van der Waals surface area (Å²) in [5.74, 6) is 0.0488. The number of carbonyl (C=O) groups excluding carboxylic acids is 1. The summed E-state index contributed by atoms with van der Waals surface area (Å²) in [5.41, 5.74) is -0.0594. The maximum absolute atomic E-state index is 11.1. The van der Waals surface area contributed by atoms with E-state index in [9.17, 15) is 14.9 Å². The zero-order chi connectivity index (χ0) is 15.7. The number of hydrogen-bond donors (Lipinski definition) is 0. The molecule has 0 aliphatic carbocycles. The fourth-order valence-corrected chi connectivity index (χ4v) is 2.21. The molecule has 0 saturated carbocycles. The van der Waals surface area contributed by atoms with Crippen molar-refractivity contribution in [3.05, 3.63) is 32.8 Å². The Kier molecular flexibility index (Phi) is 7.74. The number of rotatable bonds is 9. The molecule has 1 aromatic rings. The first-order chi connectivity index (χ1) is 10.1. The summed E-state index contributed by atoms with van der Waals surface area (Å²) in [4.78, 5) is 21.6. The van der Waals surface area contributed by atoms with Crippen molar-refractivity contribution in [1.82, 2.24) is 0 Å². The van der Waals surface area contributed by atoms with Gasteiger partial charge >= 0.3 is 11.7 Å². The van der Waals surface area contributed by atoms with Crippen LogP contribution in [0.15, 0.2) is 22.7 Å². The molecule has 1 aromatic carbocycles. The minimum absolute atomic E-state index is 0.0594. The number of ether oxygens (including phenoxy) is 2. The van der Waals surface area contributed by atoms with Crippen molar-refractivity contribution in [2.75, 3.05) is 13.2 Å². The smallest absolute Gasteiger partial charge is 0.312 e. The summed E-state index contributed by atoms with van der Waals surface area (Å²) >= 11 is 3.24. The Bertz CT molecular complexity index is 492. The van der Waals surface area contributed by atoms with Crippen LogP contribution in [0, 0.1) is 10.1 Å². The van der Waals surface area contributed by atoms with E-state index in [1.165, 1.54) is 6.07 Å². The predicted octanol–water partition coefficient (Wildman–Crippen LogP) is 3.86. The summed E-state index contributed by atoms with van der Waals surface area (Å²) in [6.07, 6.45) is 2.64. The van der Waals surface area contributed by atoms with Gasteiger partial charge in [-0.2, -0.15) is 0 Å². The van der Waals surface area contributed by atoms with Gasteiger partial charge in [-0.15, -0.1) is 0 Å². The molecule has 0 fully saturated rings. The molecule has 0 amide bonds. The van der Waals surface area contributed by atoms with Crippen LogP contribution in [0.5, 0.6) is 5.75 Å². The van der Waals surface area contributed by atoms with Gasteiger partial charge < -0.3 is 9.47 Å². The van der Waals surface area contributed by atoms with E-state index in [1.807, 2.05) is 0 Å². The minimum Gasteiger partial charge on any atom is -0.486 e. The van der Waals surface area contributed by atoms with E-state index in [0.29, 0.717) is 24.1 Å². The predicted molar refractivity (Wildman–Crippen MR) is 81.4 cm³/mol. The number of halogens is 1. The normalized spacial score (nSPS) is 10.2. The molecule has 0 atom stereocenters. The van der Waals surface area contributed by atoms with Crippen molar-refractivity contribution in [3.63, 3.8) is 0 Å². The van der Waals surface area contributed by atoms with E-state index >= 15 is 0 Å². The average molecular weight is 360 g/mol. The number of hydrogen-bond acceptors (Lipinski definition) is 5. The molecule has 0 aliphatic rings. The molecule has 0 spiro atoms. The largest absolute Gasteiger partial charge is 0.486 e. The lowest BCUT2D eigenvalue weighted by Gasteiger charge is -2.08. The van der Waals surface area contributed by atoms with Gasteiger partial charge in [-0.05, 0) is 48.2 Å². The first-order valence-corrected chi connectivity index (χ1v) is 7.57. The quantitative estimate of drug-likeness (QED) is 0.289. The monoisotopic (exact) mass is 359 g/mol. The van der Waals surface area contributed by atoms with Gasteiger partial charge in [-0.25, -0.2) is 0 Å². The highest BCUT2D eigenvalue weighted by Crippen LogP contribution is 2.34. The summed E-state index contributed by atoms with van der Waals surface area (Å²) in [5, 5.41) is 10.9. The lowest BCUT2D eigenvalue weighted by atomic mass is 10.2. The van der Waals surface area contributed by atoms with Crippen LogP contribution in [-0.4, -0.2) is 24.1 Å².